The number of epoxide rings is 1. The van der Waals surface area contributed by atoms with Gasteiger partial charge >= 0.3 is 0 Å². The van der Waals surface area contributed by atoms with Crippen molar-refractivity contribution in [3.8, 4) is 0 Å². The average Bonchev–Trinajstić information content (AvgIpc) is 3.44. The molecule has 0 radical (unpaired) electrons. The van der Waals surface area contributed by atoms with E-state index in [1.807, 2.05) is 0 Å². The highest BCUT2D eigenvalue weighted by atomic mass is 16.6. The molecule has 2 unspecified atom stereocenters. The number of unbranched alkanes of at least 4 members (excludes halogenated alkanes) is 6. The normalized spacial score (nSPS) is 22.2. The van der Waals surface area contributed by atoms with Crippen LogP contribution in [-0.4, -0.2) is 32.0 Å². The number of rotatable bonds is 15. The Morgan fingerprint density at radius 1 is 0.958 bits per heavy atom. The van der Waals surface area contributed by atoms with Crippen LogP contribution in [0.1, 0.15) is 83.5 Å². The van der Waals surface area contributed by atoms with Crippen molar-refractivity contribution in [3.63, 3.8) is 0 Å². The molecule has 2 atom stereocenters. The zero-order valence-electron chi connectivity index (χ0n) is 15.6. The summed E-state index contributed by atoms with van der Waals surface area (Å²) in [6.07, 6.45) is 19.9. The van der Waals surface area contributed by atoms with Crippen molar-refractivity contribution in [2.45, 2.75) is 95.7 Å². The molecule has 1 aliphatic heterocycles. The molecule has 0 aromatic heterocycles. The van der Waals surface area contributed by atoms with Crippen LogP contribution in [0.4, 0.5) is 0 Å². The fourth-order valence-electron chi connectivity index (χ4n) is 3.85. The van der Waals surface area contributed by atoms with Crippen LogP contribution < -0.4 is 0 Å². The third-order valence-electron chi connectivity index (χ3n) is 5.44. The van der Waals surface area contributed by atoms with E-state index in [-0.39, 0.29) is 0 Å². The molecule has 140 valence electrons. The van der Waals surface area contributed by atoms with Crippen LogP contribution in [0.2, 0.25) is 0 Å². The number of ether oxygens (including phenoxy) is 3. The Morgan fingerprint density at radius 2 is 1.62 bits per heavy atom. The Morgan fingerprint density at radius 3 is 2.29 bits per heavy atom. The SMILES string of the molecule is C=COCCCCCCCCCC(OCC1CO1)C1CCCCC1. The van der Waals surface area contributed by atoms with Crippen molar-refractivity contribution in [1.29, 1.82) is 0 Å². The molecule has 1 saturated heterocycles. The lowest BCUT2D eigenvalue weighted by molar-refractivity contribution is -0.0127. The molecule has 3 heteroatoms. The predicted molar refractivity (Wildman–Crippen MR) is 99.1 cm³/mol. The molecule has 1 saturated carbocycles. The fourth-order valence-corrected chi connectivity index (χ4v) is 3.85. The molecule has 2 aliphatic rings. The highest BCUT2D eigenvalue weighted by Gasteiger charge is 2.28. The molecular weight excluding hydrogens is 300 g/mol. The van der Waals surface area contributed by atoms with E-state index in [0.29, 0.717) is 12.2 Å². The molecular formula is C21H38O3. The van der Waals surface area contributed by atoms with Crippen molar-refractivity contribution in [3.05, 3.63) is 12.8 Å². The Hall–Kier alpha value is -0.540. The molecule has 1 aliphatic carbocycles. The van der Waals surface area contributed by atoms with Gasteiger partial charge in [0.1, 0.15) is 6.10 Å². The monoisotopic (exact) mass is 338 g/mol. The molecule has 0 bridgehead atoms. The van der Waals surface area contributed by atoms with Gasteiger partial charge in [0.25, 0.3) is 0 Å². The molecule has 24 heavy (non-hydrogen) atoms. The lowest BCUT2D eigenvalue weighted by atomic mass is 9.83. The zero-order valence-corrected chi connectivity index (χ0v) is 15.6. The Balaban J connectivity index is 1.49. The van der Waals surface area contributed by atoms with Gasteiger partial charge in [0, 0.05) is 0 Å². The first-order chi connectivity index (χ1) is 11.9. The summed E-state index contributed by atoms with van der Waals surface area (Å²) in [6, 6.07) is 0. The fraction of sp³-hybridized carbons (Fsp3) is 0.905. The predicted octanol–water partition coefficient (Wildman–Crippen LogP) is 5.63. The van der Waals surface area contributed by atoms with Gasteiger partial charge in [-0.2, -0.15) is 0 Å². The smallest absolute Gasteiger partial charge is 0.104 e. The first-order valence-corrected chi connectivity index (χ1v) is 10.4. The van der Waals surface area contributed by atoms with Gasteiger partial charge in [0.15, 0.2) is 0 Å². The second kappa shape index (κ2) is 12.8. The van der Waals surface area contributed by atoms with Gasteiger partial charge in [-0.15, -0.1) is 0 Å². The van der Waals surface area contributed by atoms with E-state index < -0.39 is 0 Å². The minimum Gasteiger partial charge on any atom is -0.502 e. The van der Waals surface area contributed by atoms with E-state index >= 15 is 0 Å². The van der Waals surface area contributed by atoms with Gasteiger partial charge in [-0.3, -0.25) is 0 Å². The molecule has 0 N–H and O–H groups in total. The van der Waals surface area contributed by atoms with Crippen molar-refractivity contribution < 1.29 is 14.2 Å². The topological polar surface area (TPSA) is 31.0 Å². The molecule has 1 heterocycles. The van der Waals surface area contributed by atoms with Crippen LogP contribution in [0.5, 0.6) is 0 Å². The van der Waals surface area contributed by atoms with Crippen LogP contribution in [0.25, 0.3) is 0 Å². The Kier molecular flexibility index (Phi) is 10.5. The number of hydrogen-bond donors (Lipinski definition) is 0. The largest absolute Gasteiger partial charge is 0.502 e. The van der Waals surface area contributed by atoms with Gasteiger partial charge in [0.05, 0.1) is 32.2 Å². The van der Waals surface area contributed by atoms with Gasteiger partial charge < -0.3 is 14.2 Å². The van der Waals surface area contributed by atoms with Crippen molar-refractivity contribution in [2.75, 3.05) is 19.8 Å². The maximum absolute atomic E-state index is 6.24. The van der Waals surface area contributed by atoms with Gasteiger partial charge in [-0.1, -0.05) is 64.4 Å². The van der Waals surface area contributed by atoms with Crippen LogP contribution in [0.15, 0.2) is 12.8 Å². The molecule has 0 spiro atoms. The summed E-state index contributed by atoms with van der Waals surface area (Å²) in [5, 5.41) is 0. The van der Waals surface area contributed by atoms with Crippen LogP contribution in [0, 0.1) is 5.92 Å². The van der Waals surface area contributed by atoms with Crippen LogP contribution in [0.3, 0.4) is 0 Å². The van der Waals surface area contributed by atoms with Crippen LogP contribution >= 0.6 is 0 Å². The minimum absolute atomic E-state index is 0.404. The maximum Gasteiger partial charge on any atom is 0.104 e. The van der Waals surface area contributed by atoms with Gasteiger partial charge in [-0.05, 0) is 31.6 Å². The second-order valence-electron chi connectivity index (χ2n) is 7.53. The summed E-state index contributed by atoms with van der Waals surface area (Å²) in [5.41, 5.74) is 0. The van der Waals surface area contributed by atoms with Crippen LogP contribution in [-0.2, 0) is 14.2 Å². The van der Waals surface area contributed by atoms with E-state index in [1.165, 1.54) is 77.0 Å². The van der Waals surface area contributed by atoms with E-state index in [2.05, 4.69) is 6.58 Å². The average molecular weight is 339 g/mol. The Labute approximate surface area is 149 Å². The van der Waals surface area contributed by atoms with E-state index in [9.17, 15) is 0 Å². The minimum atomic E-state index is 0.404. The van der Waals surface area contributed by atoms with Gasteiger partial charge in [-0.25, -0.2) is 0 Å². The summed E-state index contributed by atoms with van der Waals surface area (Å²) < 4.78 is 16.7. The highest BCUT2D eigenvalue weighted by molar-refractivity contribution is 4.77. The first kappa shape index (κ1) is 19.8. The van der Waals surface area contributed by atoms with Crippen molar-refractivity contribution in [1.82, 2.24) is 0 Å². The summed E-state index contributed by atoms with van der Waals surface area (Å²) >= 11 is 0. The summed E-state index contributed by atoms with van der Waals surface area (Å²) in [6.45, 7) is 6.13. The van der Waals surface area contributed by atoms with Crippen molar-refractivity contribution >= 4 is 0 Å². The summed E-state index contributed by atoms with van der Waals surface area (Å²) in [5.74, 6) is 0.808. The van der Waals surface area contributed by atoms with Gasteiger partial charge in [0.2, 0.25) is 0 Å². The number of hydrogen-bond acceptors (Lipinski definition) is 3. The van der Waals surface area contributed by atoms with E-state index in [0.717, 1.165) is 32.2 Å². The lowest BCUT2D eigenvalue weighted by Crippen LogP contribution is -2.27. The molecule has 2 rings (SSSR count). The van der Waals surface area contributed by atoms with E-state index in [1.54, 1.807) is 6.26 Å². The lowest BCUT2D eigenvalue weighted by Gasteiger charge is -2.30. The standard InChI is InChI=1S/C21H38O3/c1-2-22-16-12-7-5-3-4-6-11-15-21(24-18-20-17-23-20)19-13-9-8-10-14-19/h2,19-21H,1,3-18H2. The molecule has 0 amide bonds. The third kappa shape index (κ3) is 9.08. The summed E-state index contributed by atoms with van der Waals surface area (Å²) in [7, 11) is 0. The Bertz CT molecular complexity index is 308. The molecule has 3 nitrogen and oxygen atoms in total. The van der Waals surface area contributed by atoms with Crippen molar-refractivity contribution in [2.24, 2.45) is 5.92 Å². The maximum atomic E-state index is 6.24. The first-order valence-electron chi connectivity index (χ1n) is 10.4. The molecule has 2 fully saturated rings. The quantitative estimate of drug-likeness (QED) is 0.220. The third-order valence-corrected chi connectivity index (χ3v) is 5.44. The zero-order chi connectivity index (χ0) is 16.9. The van der Waals surface area contributed by atoms with E-state index in [4.69, 9.17) is 14.2 Å². The molecule has 0 aromatic rings. The second-order valence-corrected chi connectivity index (χ2v) is 7.53. The summed E-state index contributed by atoms with van der Waals surface area (Å²) in [4.78, 5) is 0. The molecule has 0 aromatic carbocycles. The highest BCUT2D eigenvalue weighted by Crippen LogP contribution is 2.31.